The second kappa shape index (κ2) is 12.8. The van der Waals surface area contributed by atoms with Gasteiger partial charge in [0.25, 0.3) is 5.69 Å². The fraction of sp³-hybridized carbons (Fsp3) is 0.533. The van der Waals surface area contributed by atoms with E-state index in [0.29, 0.717) is 11.1 Å². The van der Waals surface area contributed by atoms with Gasteiger partial charge < -0.3 is 19.2 Å². The highest BCUT2D eigenvalue weighted by atomic mass is 28.4. The molecule has 230 valence electrons. The lowest BCUT2D eigenvalue weighted by Crippen LogP contribution is -2.49. The molecule has 0 unspecified atom stereocenters. The molecule has 3 atom stereocenters. The summed E-state index contributed by atoms with van der Waals surface area (Å²) >= 11 is 0. The Labute approximate surface area is 247 Å². The van der Waals surface area contributed by atoms with Crippen LogP contribution >= 0.6 is 0 Å². The molecule has 1 N–H and O–H groups in total. The molecule has 1 aliphatic rings. The zero-order valence-electron chi connectivity index (χ0n) is 25.6. The minimum atomic E-state index is -2.40. The molecule has 0 spiro atoms. The van der Waals surface area contributed by atoms with Crippen molar-refractivity contribution in [3.63, 3.8) is 0 Å². The van der Waals surface area contributed by atoms with E-state index in [1.165, 1.54) is 29.2 Å². The van der Waals surface area contributed by atoms with Crippen LogP contribution in [0.15, 0.2) is 48.5 Å². The van der Waals surface area contributed by atoms with E-state index >= 15 is 0 Å². The number of alkyl carbamates (subject to hydrolysis) is 1. The second-order valence-corrected chi connectivity index (χ2v) is 17.9. The van der Waals surface area contributed by atoms with Gasteiger partial charge in [-0.05, 0) is 68.6 Å². The maximum Gasteiger partial charge on any atom is 0.410 e. The highest BCUT2D eigenvalue weighted by Gasteiger charge is 2.51. The third-order valence-corrected chi connectivity index (χ3v) is 12.1. The number of halogens is 1. The fourth-order valence-corrected chi connectivity index (χ4v) is 5.73. The summed E-state index contributed by atoms with van der Waals surface area (Å²) in [6, 6.07) is 11.2. The number of non-ortho nitro benzene ring substituents is 1. The van der Waals surface area contributed by atoms with Crippen molar-refractivity contribution in [1.29, 1.82) is 0 Å². The standard InChI is InChI=1S/C30H42FN3O7Si/c1-29(2,3)40-28(36)33-19-25(41-42(7,8)30(4,5)6)26(24(33)17-20-12-14-23(15-13-20)34(37)38)39-27(35)32-18-21-10-9-11-22(31)16-21/h9-16,24-26H,17-19H2,1-8H3,(H,32,35)/t24-,25+,26+/m1/s1. The van der Waals surface area contributed by atoms with E-state index in [4.69, 9.17) is 13.9 Å². The number of rotatable bonds is 8. The number of nitro groups is 1. The van der Waals surface area contributed by atoms with Crippen LogP contribution in [0.4, 0.5) is 19.7 Å². The highest BCUT2D eigenvalue weighted by molar-refractivity contribution is 6.74. The molecule has 1 aliphatic heterocycles. The van der Waals surface area contributed by atoms with Crippen molar-refractivity contribution >= 4 is 26.2 Å². The summed E-state index contributed by atoms with van der Waals surface area (Å²) < 4.78 is 32.1. The number of carbonyl (C=O) groups is 2. The Morgan fingerprint density at radius 2 is 1.71 bits per heavy atom. The number of nitrogens with zero attached hydrogens (tertiary/aromatic N) is 2. The van der Waals surface area contributed by atoms with Crippen molar-refractivity contribution in [3.05, 3.63) is 75.6 Å². The minimum absolute atomic E-state index is 0.0415. The van der Waals surface area contributed by atoms with Crippen LogP contribution in [0.5, 0.6) is 0 Å². The molecule has 0 bridgehead atoms. The Morgan fingerprint density at radius 3 is 2.26 bits per heavy atom. The van der Waals surface area contributed by atoms with Gasteiger partial charge in [-0.3, -0.25) is 15.0 Å². The number of hydrogen-bond donors (Lipinski definition) is 1. The number of benzene rings is 2. The summed E-state index contributed by atoms with van der Waals surface area (Å²) in [5.41, 5.74) is 0.440. The third-order valence-electron chi connectivity index (χ3n) is 7.56. The van der Waals surface area contributed by atoms with Gasteiger partial charge in [0.2, 0.25) is 0 Å². The number of nitrogens with one attached hydrogen (secondary N) is 1. The maximum atomic E-state index is 13.6. The van der Waals surface area contributed by atoms with Crippen molar-refractivity contribution in [3.8, 4) is 0 Å². The smallest absolute Gasteiger partial charge is 0.410 e. The summed E-state index contributed by atoms with van der Waals surface area (Å²) in [4.78, 5) is 38.8. The van der Waals surface area contributed by atoms with Gasteiger partial charge in [-0.25, -0.2) is 14.0 Å². The lowest BCUT2D eigenvalue weighted by Gasteiger charge is -2.39. The summed E-state index contributed by atoms with van der Waals surface area (Å²) in [7, 11) is -2.40. The Bertz CT molecular complexity index is 1270. The predicted molar refractivity (Wildman–Crippen MR) is 159 cm³/mol. The van der Waals surface area contributed by atoms with Gasteiger partial charge in [-0.2, -0.15) is 0 Å². The molecular formula is C30H42FN3O7Si. The molecular weight excluding hydrogens is 561 g/mol. The van der Waals surface area contributed by atoms with Crippen LogP contribution in [0, 0.1) is 15.9 Å². The molecule has 0 saturated carbocycles. The number of carbonyl (C=O) groups excluding carboxylic acids is 2. The molecule has 1 saturated heterocycles. The zero-order valence-corrected chi connectivity index (χ0v) is 26.6. The topological polar surface area (TPSA) is 120 Å². The van der Waals surface area contributed by atoms with Crippen LogP contribution in [0.3, 0.4) is 0 Å². The van der Waals surface area contributed by atoms with Crippen molar-refractivity contribution < 1.29 is 32.8 Å². The van der Waals surface area contributed by atoms with Gasteiger partial charge in [-0.15, -0.1) is 0 Å². The van der Waals surface area contributed by atoms with Gasteiger partial charge in [0.05, 0.1) is 17.5 Å². The van der Waals surface area contributed by atoms with Crippen molar-refractivity contribution in [2.24, 2.45) is 0 Å². The summed E-state index contributed by atoms with van der Waals surface area (Å²) in [5, 5.41) is 13.7. The maximum absolute atomic E-state index is 13.6. The van der Waals surface area contributed by atoms with Crippen LogP contribution in [-0.4, -0.2) is 60.7 Å². The van der Waals surface area contributed by atoms with Gasteiger partial charge in [0.1, 0.15) is 17.5 Å². The normalized spacial score (nSPS) is 19.4. The summed E-state index contributed by atoms with van der Waals surface area (Å²) in [6.07, 6.45) is -2.62. The number of amides is 2. The lowest BCUT2D eigenvalue weighted by atomic mass is 10.0. The lowest BCUT2D eigenvalue weighted by molar-refractivity contribution is -0.384. The quantitative estimate of drug-likeness (QED) is 0.206. The summed E-state index contributed by atoms with van der Waals surface area (Å²) in [6.45, 7) is 15.9. The predicted octanol–water partition coefficient (Wildman–Crippen LogP) is 6.58. The zero-order chi connectivity index (χ0) is 31.5. The average Bonchev–Trinajstić information content (AvgIpc) is 3.17. The number of likely N-dealkylation sites (tertiary alicyclic amines) is 1. The first kappa shape index (κ1) is 33.0. The first-order chi connectivity index (χ1) is 19.4. The third kappa shape index (κ3) is 8.74. The Morgan fingerprint density at radius 1 is 1.07 bits per heavy atom. The second-order valence-electron chi connectivity index (χ2n) is 13.1. The Hall–Kier alpha value is -3.51. The Kier molecular flexibility index (Phi) is 10.0. The van der Waals surface area contributed by atoms with Gasteiger partial charge >= 0.3 is 12.2 Å². The first-order valence-electron chi connectivity index (χ1n) is 14.0. The van der Waals surface area contributed by atoms with Gasteiger partial charge in [-0.1, -0.05) is 45.0 Å². The minimum Gasteiger partial charge on any atom is -0.444 e. The van der Waals surface area contributed by atoms with E-state index in [1.54, 1.807) is 45.0 Å². The van der Waals surface area contributed by atoms with E-state index in [-0.39, 0.29) is 30.2 Å². The highest BCUT2D eigenvalue weighted by Crippen LogP contribution is 2.40. The van der Waals surface area contributed by atoms with E-state index in [1.807, 2.05) is 0 Å². The number of ether oxygens (including phenoxy) is 2. The molecule has 0 radical (unpaired) electrons. The molecule has 10 nitrogen and oxygen atoms in total. The van der Waals surface area contributed by atoms with Crippen LogP contribution in [-0.2, 0) is 26.9 Å². The number of hydrogen-bond acceptors (Lipinski definition) is 7. The summed E-state index contributed by atoms with van der Waals surface area (Å²) in [5.74, 6) is -0.419. The first-order valence-corrected chi connectivity index (χ1v) is 16.9. The Balaban J connectivity index is 1.95. The van der Waals surface area contributed by atoms with Crippen LogP contribution < -0.4 is 5.32 Å². The SMILES string of the molecule is CC(C)(C)OC(=O)N1C[C@H](O[Si](C)(C)C(C)(C)C)[C@@H](OC(=O)NCc2cccc(F)c2)[C@H]1Cc1ccc([N+](=O)[O-])cc1. The molecule has 12 heteroatoms. The van der Waals surface area contributed by atoms with Crippen molar-refractivity contribution in [1.82, 2.24) is 10.2 Å². The van der Waals surface area contributed by atoms with Crippen molar-refractivity contribution in [2.45, 2.75) is 96.5 Å². The van der Waals surface area contributed by atoms with E-state index in [2.05, 4.69) is 39.2 Å². The van der Waals surface area contributed by atoms with Gasteiger partial charge in [0, 0.05) is 18.7 Å². The largest absolute Gasteiger partial charge is 0.444 e. The monoisotopic (exact) mass is 603 g/mol. The van der Waals surface area contributed by atoms with E-state index < -0.39 is 55.1 Å². The van der Waals surface area contributed by atoms with E-state index in [0.717, 1.165) is 0 Å². The van der Waals surface area contributed by atoms with Crippen molar-refractivity contribution in [2.75, 3.05) is 6.54 Å². The molecule has 0 aromatic heterocycles. The van der Waals surface area contributed by atoms with Crippen LogP contribution in [0.1, 0.15) is 52.7 Å². The molecule has 3 rings (SSSR count). The molecule has 42 heavy (non-hydrogen) atoms. The van der Waals surface area contributed by atoms with Gasteiger partial charge in [0.15, 0.2) is 14.4 Å². The average molecular weight is 604 g/mol. The molecule has 0 aliphatic carbocycles. The van der Waals surface area contributed by atoms with E-state index in [9.17, 15) is 24.1 Å². The molecule has 2 aromatic carbocycles. The molecule has 1 fully saturated rings. The number of nitro benzene ring substituents is 1. The fourth-order valence-electron chi connectivity index (χ4n) is 4.41. The van der Waals surface area contributed by atoms with Crippen LogP contribution in [0.2, 0.25) is 18.1 Å². The van der Waals surface area contributed by atoms with Crippen LogP contribution in [0.25, 0.3) is 0 Å². The molecule has 2 aromatic rings. The molecule has 1 heterocycles. The molecule has 2 amide bonds.